The Morgan fingerprint density at radius 3 is 0.930 bits per heavy atom. The number of ether oxygens (including phenoxy) is 4. The van der Waals surface area contributed by atoms with Gasteiger partial charge in [-0.2, -0.15) is 0 Å². The fourth-order valence-electron chi connectivity index (χ4n) is 15.4. The van der Waals surface area contributed by atoms with Crippen molar-refractivity contribution in [3.05, 3.63) is 353 Å². The molecule has 0 radical (unpaired) electrons. The van der Waals surface area contributed by atoms with E-state index >= 15 is 0 Å². The minimum absolute atomic E-state index is 0. The first-order chi connectivity index (χ1) is 61.8. The number of nitrogens with zero attached hydrogens (tertiary/aromatic N) is 4. The summed E-state index contributed by atoms with van der Waals surface area (Å²) in [6, 6.07) is 81.7. The number of carboxylic acids is 1. The normalized spacial score (nSPS) is 13.6. The number of hydrogen-bond acceptors (Lipinski definition) is 18. The number of hydrogen-bond donors (Lipinski definition) is 2. The van der Waals surface area contributed by atoms with Gasteiger partial charge in [0.25, 0.3) is 0 Å². The molecule has 27 heteroatoms. The molecule has 9 aromatic carbocycles. The fraction of sp³-hybridized carbons (Fsp3) is 0.245. The van der Waals surface area contributed by atoms with E-state index in [1.807, 2.05) is 194 Å². The molecule has 19 nitrogen and oxygen atoms in total. The Kier molecular flexibility index (Phi) is 39.8. The van der Waals surface area contributed by atoms with E-state index in [0.29, 0.717) is 56.7 Å². The summed E-state index contributed by atoms with van der Waals surface area (Å²) < 4.78 is 50.6. The third-order valence-corrected chi connectivity index (χ3v) is 23.4. The first kappa shape index (κ1) is 100. The number of carbonyl (C=O) groups is 3. The van der Waals surface area contributed by atoms with Crippen molar-refractivity contribution in [2.75, 3.05) is 79.3 Å². The second kappa shape index (κ2) is 51.1. The zero-order chi connectivity index (χ0) is 89.0. The van der Waals surface area contributed by atoms with Gasteiger partial charge in [0.2, 0.25) is 0 Å². The fourth-order valence-corrected chi connectivity index (χ4v) is 16.1. The van der Waals surface area contributed by atoms with Crippen molar-refractivity contribution in [2.45, 2.75) is 84.5 Å². The van der Waals surface area contributed by atoms with E-state index in [1.165, 1.54) is 44.5 Å². The molecule has 129 heavy (non-hydrogen) atoms. The van der Waals surface area contributed by atoms with Gasteiger partial charge in [0.1, 0.15) is 74.8 Å². The van der Waals surface area contributed by atoms with Gasteiger partial charge < -0.3 is 56.7 Å². The van der Waals surface area contributed by atoms with E-state index in [4.69, 9.17) is 104 Å². The molecule has 4 aliphatic heterocycles. The SMILES string of the molecule is CCOC(=O)COc1ccc2c(c1)CCN(Cc1ccc(-c3ccc(Cl)cc3)o1)CC2.COc1ccc2c(c1)CCN(Cc1ccc(-c3ccc(Cl)cc3)o1)CC2.II.O=C(O)COc1ccc2c(c1)CCN(Cc1ccc(-c3ccc(Cl)cc3)o1)CC2.O=Cc1ccc(-c2ccc(Cl)cc2)o1.Oc1ccc2c(c1)CCN(Cc1ccc(-c3ccc(Cl)cc3)o1)CC2.[Na+].[OH-]. The number of esters is 1. The van der Waals surface area contributed by atoms with Crippen LogP contribution in [0.15, 0.2) is 277 Å². The van der Waals surface area contributed by atoms with Crippen molar-refractivity contribution >= 4 is 113 Å². The molecule has 0 atom stereocenters. The molecule has 18 rings (SSSR count). The van der Waals surface area contributed by atoms with Crippen LogP contribution in [0.1, 0.15) is 85.0 Å². The Bertz CT molecular complexity index is 5890. The molecule has 5 aromatic heterocycles. The number of carbonyl (C=O) groups excluding carboxylic acids is 2. The van der Waals surface area contributed by atoms with Crippen LogP contribution in [0.4, 0.5) is 0 Å². The summed E-state index contributed by atoms with van der Waals surface area (Å²) in [4.78, 5) is 42.2. The summed E-state index contributed by atoms with van der Waals surface area (Å²) in [7, 11) is 1.72. The Hall–Kier alpha value is -9.10. The molecular weight excluding hydrogens is 1980 g/mol. The molecule has 666 valence electrons. The summed E-state index contributed by atoms with van der Waals surface area (Å²) >= 11 is 33.8. The van der Waals surface area contributed by atoms with Crippen molar-refractivity contribution < 1.29 is 101 Å². The van der Waals surface area contributed by atoms with Crippen molar-refractivity contribution in [2.24, 2.45) is 0 Å². The number of rotatable bonds is 22. The standard InChI is InChI=1S/C25H26ClNO4.C23H22ClNO4.C22H22ClNO2.C21H20ClNO2.C11H7ClO2.I2.Na.H2O/c1-2-29-25(28)17-30-22-8-5-18-11-13-27(14-12-20(18)15-22)16-23-9-10-24(31-23)19-3-6-21(26)7-4-19;24-19-4-1-17(2-5-19)22-8-7-21(29-22)14-25-11-9-16-3-6-20(28-15-23(26)27)13-18(16)10-12-25;1-25-20-7-4-16-10-12-24(13-11-18(16)14-20)15-21-8-9-22(26-21)17-2-5-19(23)6-3-17;22-18-4-1-16(2-5-18)21-8-7-20(25-21)14-23-11-9-15-3-6-19(24)13-17(15)10-12-23;12-9-3-1-8(2-4-9)11-6-5-10(7-13)14-11;1-2;;/h3-10,15H,2,11-14,16-17H2,1H3;1-8,13H,9-12,14-15H2,(H,26,27);2-9,14H,10-13,15H2,1H3;1-8,13,24H,9-12,14H2;1-7H;;;1H2/q;;;;;;+1;/p-1. The van der Waals surface area contributed by atoms with Gasteiger partial charge >= 0.3 is 41.5 Å². The molecule has 0 aliphatic carbocycles. The molecule has 4 aliphatic rings. The number of carboxylic acid groups (broad SMARTS) is 1. The molecule has 0 bridgehead atoms. The average Bonchev–Trinajstić information content (AvgIpc) is 1.71. The van der Waals surface area contributed by atoms with Crippen LogP contribution in [0.5, 0.6) is 23.0 Å². The van der Waals surface area contributed by atoms with Gasteiger partial charge in [0.15, 0.2) is 25.3 Å². The van der Waals surface area contributed by atoms with Crippen LogP contribution >= 0.6 is 95.2 Å². The number of halogens is 7. The Balaban J connectivity index is 0.000000157. The number of aldehydes is 1. The van der Waals surface area contributed by atoms with Gasteiger partial charge in [0, 0.05) is 143 Å². The average molecular weight is 2070 g/mol. The van der Waals surface area contributed by atoms with Gasteiger partial charge in [-0.15, -0.1) is 0 Å². The number of phenolic OH excluding ortho intramolecular Hbond substituents is 1. The number of aromatic hydroxyl groups is 1. The van der Waals surface area contributed by atoms with Gasteiger partial charge in [-0.25, -0.2) is 9.59 Å². The molecule has 0 saturated heterocycles. The quantitative estimate of drug-likeness (QED) is 0.0277. The van der Waals surface area contributed by atoms with Crippen LogP contribution in [-0.2, 0) is 91.9 Å². The topological polar surface area (TPSA) is 237 Å². The minimum atomic E-state index is -0.970. The van der Waals surface area contributed by atoms with Crippen molar-refractivity contribution in [3.8, 4) is 79.6 Å². The number of phenols is 1. The van der Waals surface area contributed by atoms with Gasteiger partial charge in [0.05, 0.1) is 39.9 Å². The summed E-state index contributed by atoms with van der Waals surface area (Å²) in [6.45, 7) is 12.7. The minimum Gasteiger partial charge on any atom is -0.870 e. The summed E-state index contributed by atoms with van der Waals surface area (Å²) in [6.07, 6.45) is 8.47. The monoisotopic (exact) mass is 2070 g/mol. The van der Waals surface area contributed by atoms with E-state index in [2.05, 4.69) is 87.2 Å². The Morgan fingerprint density at radius 1 is 0.364 bits per heavy atom. The van der Waals surface area contributed by atoms with Crippen LogP contribution in [0, 0.1) is 0 Å². The predicted octanol–water partition coefficient (Wildman–Crippen LogP) is 21.9. The maximum absolute atomic E-state index is 11.5. The number of furan rings is 5. The molecular formula is C102H98Cl5I2N4NaO15. The van der Waals surface area contributed by atoms with Crippen LogP contribution in [0.25, 0.3) is 56.6 Å². The van der Waals surface area contributed by atoms with Gasteiger partial charge in [-0.1, -0.05) is 82.3 Å². The smallest absolute Gasteiger partial charge is 0.870 e. The first-order valence-electron chi connectivity index (χ1n) is 41.9. The van der Waals surface area contributed by atoms with Crippen molar-refractivity contribution in [3.63, 3.8) is 0 Å². The number of fused-ring (bicyclic) bond motifs is 4. The molecule has 0 amide bonds. The number of methoxy groups -OCH3 is 1. The molecule has 9 heterocycles. The molecule has 0 fully saturated rings. The second-order valence-electron chi connectivity index (χ2n) is 30.7. The molecule has 0 spiro atoms. The van der Waals surface area contributed by atoms with Crippen LogP contribution < -0.4 is 43.8 Å². The van der Waals surface area contributed by atoms with Crippen LogP contribution in [0.2, 0.25) is 25.1 Å². The van der Waals surface area contributed by atoms with E-state index in [9.17, 15) is 19.5 Å². The predicted molar refractivity (Wildman–Crippen MR) is 521 cm³/mol. The Morgan fingerprint density at radius 2 is 0.636 bits per heavy atom. The van der Waals surface area contributed by atoms with E-state index in [1.54, 1.807) is 44.4 Å². The zero-order valence-electron chi connectivity index (χ0n) is 71.8. The second-order valence-corrected chi connectivity index (χ2v) is 32.9. The summed E-state index contributed by atoms with van der Waals surface area (Å²) in [5.41, 5.74) is 15.5. The van der Waals surface area contributed by atoms with E-state index in [0.717, 1.165) is 220 Å². The maximum Gasteiger partial charge on any atom is 1.00 e. The van der Waals surface area contributed by atoms with Crippen LogP contribution in [-0.4, -0.2) is 133 Å². The van der Waals surface area contributed by atoms with E-state index in [-0.39, 0.29) is 54.2 Å². The first-order valence-corrected chi connectivity index (χ1v) is 50.1. The summed E-state index contributed by atoms with van der Waals surface area (Å²) in [5, 5.41) is 22.0. The Labute approximate surface area is 822 Å². The van der Waals surface area contributed by atoms with Crippen LogP contribution in [0.3, 0.4) is 0 Å². The maximum atomic E-state index is 11.5. The largest absolute Gasteiger partial charge is 1.00 e. The van der Waals surface area contributed by atoms with Crippen molar-refractivity contribution in [1.82, 2.24) is 19.6 Å². The van der Waals surface area contributed by atoms with Gasteiger partial charge in [-0.3, -0.25) is 24.4 Å². The molecule has 3 N–H and O–H groups in total. The summed E-state index contributed by atoms with van der Waals surface area (Å²) in [5.74, 6) is 9.61. The van der Waals surface area contributed by atoms with E-state index < -0.39 is 5.97 Å². The molecule has 0 unspecified atom stereocenters. The molecule has 0 saturated carbocycles. The third kappa shape index (κ3) is 30.5. The molecule has 14 aromatic rings. The third-order valence-electron chi connectivity index (χ3n) is 22.1. The number of benzene rings is 9. The zero-order valence-corrected chi connectivity index (χ0v) is 81.9. The van der Waals surface area contributed by atoms with Crippen molar-refractivity contribution in [1.29, 1.82) is 0 Å². The number of aliphatic carboxylic acids is 1. The van der Waals surface area contributed by atoms with Gasteiger partial charge in [-0.05, 0) is 333 Å².